The van der Waals surface area contributed by atoms with E-state index >= 15 is 0 Å². The molecule has 2 aromatic rings. The summed E-state index contributed by atoms with van der Waals surface area (Å²) >= 11 is 0. The van der Waals surface area contributed by atoms with Gasteiger partial charge in [-0.1, -0.05) is 0 Å². The highest BCUT2D eigenvalue weighted by Gasteiger charge is 2.30. The molecule has 0 N–H and O–H groups in total. The van der Waals surface area contributed by atoms with Crippen LogP contribution in [-0.4, -0.2) is 61.6 Å². The van der Waals surface area contributed by atoms with Gasteiger partial charge in [0, 0.05) is 45.3 Å². The summed E-state index contributed by atoms with van der Waals surface area (Å²) in [4.78, 5) is 15.9. The lowest BCUT2D eigenvalue weighted by molar-refractivity contribution is -0.116. The molecule has 29 heavy (non-hydrogen) atoms. The van der Waals surface area contributed by atoms with E-state index in [1.165, 1.54) is 11.2 Å². The zero-order valence-corrected chi connectivity index (χ0v) is 17.5. The van der Waals surface area contributed by atoms with Gasteiger partial charge >= 0.3 is 0 Å². The summed E-state index contributed by atoms with van der Waals surface area (Å²) in [5.41, 5.74) is 2.59. The van der Waals surface area contributed by atoms with E-state index in [1.807, 2.05) is 19.1 Å². The smallest absolute Gasteiger partial charge is 0.243 e. The summed E-state index contributed by atoms with van der Waals surface area (Å²) in [5.74, 6) is 0.752. The second-order valence-electron chi connectivity index (χ2n) is 7.49. The number of carbonyl (C=O) groups excluding carboxylic acids is 1. The first-order valence-electron chi connectivity index (χ1n) is 9.83. The Morgan fingerprint density at radius 3 is 2.41 bits per heavy atom. The van der Waals surface area contributed by atoms with Crippen LogP contribution in [0.1, 0.15) is 24.6 Å². The van der Waals surface area contributed by atoms with Crippen molar-refractivity contribution in [2.75, 3.05) is 42.5 Å². The van der Waals surface area contributed by atoms with Crippen LogP contribution in [0.3, 0.4) is 0 Å². The Balaban J connectivity index is 1.51. The second-order valence-corrected chi connectivity index (χ2v) is 9.43. The first-order chi connectivity index (χ1) is 13.9. The van der Waals surface area contributed by atoms with Crippen molar-refractivity contribution in [1.82, 2.24) is 14.5 Å². The van der Waals surface area contributed by atoms with Crippen molar-refractivity contribution in [2.45, 2.75) is 31.6 Å². The third-order valence-corrected chi connectivity index (χ3v) is 7.43. The van der Waals surface area contributed by atoms with E-state index in [9.17, 15) is 13.2 Å². The molecule has 8 nitrogen and oxygen atoms in total. The van der Waals surface area contributed by atoms with Crippen molar-refractivity contribution in [3.05, 3.63) is 41.6 Å². The molecule has 0 bridgehead atoms. The van der Waals surface area contributed by atoms with E-state index < -0.39 is 10.0 Å². The second kappa shape index (κ2) is 7.72. The topological polar surface area (TPSA) is 86.7 Å². The Bertz CT molecular complexity index is 1010. The number of carbonyl (C=O) groups is 1. The lowest BCUT2D eigenvalue weighted by atomic mass is 10.0. The van der Waals surface area contributed by atoms with Crippen molar-refractivity contribution in [3.8, 4) is 0 Å². The number of fused-ring (bicyclic) bond motifs is 1. The Hall–Kier alpha value is -2.52. The van der Waals surface area contributed by atoms with Gasteiger partial charge in [-0.2, -0.15) is 9.40 Å². The number of sulfonamides is 1. The summed E-state index contributed by atoms with van der Waals surface area (Å²) in [7, 11) is -3.58. The Labute approximate surface area is 171 Å². The van der Waals surface area contributed by atoms with Crippen molar-refractivity contribution in [1.29, 1.82) is 0 Å². The molecule has 3 heterocycles. The molecule has 1 fully saturated rings. The average molecular weight is 416 g/mol. The van der Waals surface area contributed by atoms with Crippen LogP contribution in [0.5, 0.6) is 0 Å². The molecule has 9 heteroatoms. The minimum absolute atomic E-state index is 0.0168. The monoisotopic (exact) mass is 415 g/mol. The van der Waals surface area contributed by atoms with Crippen molar-refractivity contribution in [3.63, 3.8) is 0 Å². The fourth-order valence-corrected chi connectivity index (χ4v) is 5.40. The van der Waals surface area contributed by atoms with Crippen LogP contribution in [0.4, 0.5) is 11.5 Å². The van der Waals surface area contributed by atoms with Crippen molar-refractivity contribution < 1.29 is 13.2 Å². The van der Waals surface area contributed by atoms with Gasteiger partial charge in [0.25, 0.3) is 0 Å². The van der Waals surface area contributed by atoms with Gasteiger partial charge in [-0.15, -0.1) is 5.10 Å². The number of benzene rings is 1. The van der Waals surface area contributed by atoms with Crippen molar-refractivity contribution >= 4 is 27.4 Å². The molecular weight excluding hydrogens is 390 g/mol. The molecule has 154 valence electrons. The maximum atomic E-state index is 13.2. The number of amides is 1. The Morgan fingerprint density at radius 1 is 1.00 bits per heavy atom. The molecule has 2 aliphatic rings. The SMILES string of the molecule is CC(=O)N1CCCc2cc(S(=O)(=O)N3CCN(c4ccc(C)nn4)CC3)ccc21. The van der Waals surface area contributed by atoms with Crippen LogP contribution in [0.15, 0.2) is 35.2 Å². The molecule has 0 saturated carbocycles. The van der Waals surface area contributed by atoms with Gasteiger partial charge in [-0.05, 0) is 55.7 Å². The summed E-state index contributed by atoms with van der Waals surface area (Å²) in [6, 6.07) is 8.94. The summed E-state index contributed by atoms with van der Waals surface area (Å²) < 4.78 is 27.9. The van der Waals surface area contributed by atoms with E-state index in [4.69, 9.17) is 0 Å². The van der Waals surface area contributed by atoms with Crippen molar-refractivity contribution in [2.24, 2.45) is 0 Å². The minimum Gasteiger partial charge on any atom is -0.352 e. The molecule has 0 unspecified atom stereocenters. The lowest BCUT2D eigenvalue weighted by Gasteiger charge is -2.35. The Morgan fingerprint density at radius 2 is 1.76 bits per heavy atom. The van der Waals surface area contributed by atoms with E-state index in [1.54, 1.807) is 23.1 Å². The summed E-state index contributed by atoms with van der Waals surface area (Å²) in [6.45, 7) is 6.04. The third kappa shape index (κ3) is 3.84. The van der Waals surface area contributed by atoms with Gasteiger partial charge in [0.1, 0.15) is 0 Å². The average Bonchev–Trinajstić information content (AvgIpc) is 2.73. The van der Waals surface area contributed by atoms with E-state index in [0.717, 1.165) is 35.6 Å². The van der Waals surface area contributed by atoms with Gasteiger partial charge in [-0.3, -0.25) is 4.79 Å². The van der Waals surface area contributed by atoms with Crippen LogP contribution in [0.25, 0.3) is 0 Å². The number of aryl methyl sites for hydroxylation is 2. The molecule has 1 saturated heterocycles. The van der Waals surface area contributed by atoms with Gasteiger partial charge in [0.05, 0.1) is 10.6 Å². The largest absolute Gasteiger partial charge is 0.352 e. The number of hydrogen-bond acceptors (Lipinski definition) is 6. The maximum absolute atomic E-state index is 13.2. The molecule has 1 amide bonds. The molecule has 1 aromatic heterocycles. The third-order valence-electron chi connectivity index (χ3n) is 5.53. The van der Waals surface area contributed by atoms with Crippen LogP contribution in [0, 0.1) is 6.92 Å². The van der Waals surface area contributed by atoms with E-state index in [2.05, 4.69) is 15.1 Å². The normalized spacial score (nSPS) is 17.9. The molecule has 0 aliphatic carbocycles. The number of rotatable bonds is 3. The van der Waals surface area contributed by atoms with Crippen LogP contribution in [0.2, 0.25) is 0 Å². The number of nitrogens with zero attached hydrogens (tertiary/aromatic N) is 5. The molecule has 2 aliphatic heterocycles. The first kappa shape index (κ1) is 19.8. The predicted octanol–water partition coefficient (Wildman–Crippen LogP) is 1.60. The van der Waals surface area contributed by atoms with Gasteiger partial charge in [-0.25, -0.2) is 8.42 Å². The number of hydrogen-bond donors (Lipinski definition) is 0. The number of aromatic nitrogens is 2. The highest BCUT2D eigenvalue weighted by atomic mass is 32.2. The quantitative estimate of drug-likeness (QED) is 0.757. The highest BCUT2D eigenvalue weighted by Crippen LogP contribution is 2.31. The highest BCUT2D eigenvalue weighted by molar-refractivity contribution is 7.89. The van der Waals surface area contributed by atoms with Crippen LogP contribution in [-0.2, 0) is 21.2 Å². The Kier molecular flexibility index (Phi) is 5.26. The fraction of sp³-hybridized carbons (Fsp3) is 0.450. The fourth-order valence-electron chi connectivity index (χ4n) is 3.93. The first-order valence-corrected chi connectivity index (χ1v) is 11.3. The molecule has 1 aromatic carbocycles. The van der Waals surface area contributed by atoms with Gasteiger partial charge in [0.2, 0.25) is 15.9 Å². The van der Waals surface area contributed by atoms with Gasteiger partial charge in [0.15, 0.2) is 5.82 Å². The molecular formula is C20H25N5O3S. The minimum atomic E-state index is -3.58. The standard InChI is InChI=1S/C20H25N5O3S/c1-15-5-8-20(22-21-15)23-10-12-24(13-11-23)29(27,28)18-6-7-19-17(14-18)4-3-9-25(19)16(2)26/h5-8,14H,3-4,9-13H2,1-2H3. The van der Waals surface area contributed by atoms with Gasteiger partial charge < -0.3 is 9.80 Å². The molecule has 0 atom stereocenters. The molecule has 0 spiro atoms. The van der Waals surface area contributed by atoms with Crippen LogP contribution < -0.4 is 9.80 Å². The van der Waals surface area contributed by atoms with E-state index in [-0.39, 0.29) is 5.91 Å². The zero-order valence-electron chi connectivity index (χ0n) is 16.7. The molecule has 0 radical (unpaired) electrons. The zero-order chi connectivity index (χ0) is 20.6. The van der Waals surface area contributed by atoms with Crippen LogP contribution >= 0.6 is 0 Å². The lowest BCUT2D eigenvalue weighted by Crippen LogP contribution is -2.49. The number of piperazine rings is 1. The predicted molar refractivity (Wildman–Crippen MR) is 111 cm³/mol. The summed E-state index contributed by atoms with van der Waals surface area (Å²) in [5, 5.41) is 8.27. The summed E-state index contributed by atoms with van der Waals surface area (Å²) in [6.07, 6.45) is 1.62. The van der Waals surface area contributed by atoms with E-state index in [0.29, 0.717) is 37.6 Å². The maximum Gasteiger partial charge on any atom is 0.243 e. The molecule has 4 rings (SSSR count). The number of anilines is 2.